The normalized spacial score (nSPS) is 12.1. The molecule has 0 unspecified atom stereocenters. The molecule has 6 nitrogen and oxygen atoms in total. The van der Waals surface area contributed by atoms with Gasteiger partial charge in [0.25, 0.3) is 0 Å². The average Bonchev–Trinajstić information content (AvgIpc) is 2.38. The molecule has 0 bridgehead atoms. The Balaban J connectivity index is 3.19. The molecule has 0 atom stereocenters. The van der Waals surface area contributed by atoms with Crippen molar-refractivity contribution in [3.05, 3.63) is 29.8 Å². The molecule has 0 fully saturated rings. The summed E-state index contributed by atoms with van der Waals surface area (Å²) >= 11 is 0. The SMILES string of the molecule is COCCN(C(C)C)S(=O)(=O)c1cccc(C(=O)O)c1. The van der Waals surface area contributed by atoms with Crippen molar-refractivity contribution in [2.24, 2.45) is 0 Å². The van der Waals surface area contributed by atoms with Crippen LogP contribution in [0.5, 0.6) is 0 Å². The van der Waals surface area contributed by atoms with E-state index in [9.17, 15) is 13.2 Å². The second kappa shape index (κ2) is 6.83. The molecular formula is C13H19NO5S. The number of nitrogens with zero attached hydrogens (tertiary/aromatic N) is 1. The molecule has 0 spiro atoms. The second-order valence-corrected chi connectivity index (χ2v) is 6.43. The van der Waals surface area contributed by atoms with E-state index in [1.165, 1.54) is 35.7 Å². The lowest BCUT2D eigenvalue weighted by Gasteiger charge is -2.25. The number of benzene rings is 1. The van der Waals surface area contributed by atoms with Gasteiger partial charge >= 0.3 is 5.97 Å². The predicted octanol–water partition coefficient (Wildman–Crippen LogP) is 1.43. The van der Waals surface area contributed by atoms with Gasteiger partial charge in [-0.25, -0.2) is 13.2 Å². The molecule has 0 amide bonds. The Labute approximate surface area is 119 Å². The molecule has 1 N–H and O–H groups in total. The Morgan fingerprint density at radius 2 is 2.05 bits per heavy atom. The van der Waals surface area contributed by atoms with Crippen LogP contribution < -0.4 is 0 Å². The van der Waals surface area contributed by atoms with E-state index < -0.39 is 16.0 Å². The third-order valence-corrected chi connectivity index (χ3v) is 4.85. The molecule has 1 aromatic rings. The van der Waals surface area contributed by atoms with E-state index in [1.54, 1.807) is 13.8 Å². The topological polar surface area (TPSA) is 83.9 Å². The number of ether oxygens (including phenoxy) is 1. The van der Waals surface area contributed by atoms with Crippen LogP contribution in [-0.4, -0.2) is 50.1 Å². The summed E-state index contributed by atoms with van der Waals surface area (Å²) in [4.78, 5) is 10.9. The summed E-state index contributed by atoms with van der Waals surface area (Å²) in [6.45, 7) is 4.01. The summed E-state index contributed by atoms with van der Waals surface area (Å²) < 4.78 is 31.3. The van der Waals surface area contributed by atoms with E-state index in [0.29, 0.717) is 0 Å². The highest BCUT2D eigenvalue weighted by Gasteiger charge is 2.27. The lowest BCUT2D eigenvalue weighted by Crippen LogP contribution is -2.39. The number of aromatic carboxylic acids is 1. The molecule has 0 saturated carbocycles. The number of carboxylic acid groups (broad SMARTS) is 1. The highest BCUT2D eigenvalue weighted by Crippen LogP contribution is 2.19. The average molecular weight is 301 g/mol. The fourth-order valence-corrected chi connectivity index (χ4v) is 3.43. The molecule has 20 heavy (non-hydrogen) atoms. The van der Waals surface area contributed by atoms with Gasteiger partial charge in [-0.1, -0.05) is 6.07 Å². The van der Waals surface area contributed by atoms with Crippen LogP contribution in [-0.2, 0) is 14.8 Å². The summed E-state index contributed by atoms with van der Waals surface area (Å²) in [5, 5.41) is 8.94. The Morgan fingerprint density at radius 3 is 2.55 bits per heavy atom. The van der Waals surface area contributed by atoms with E-state index >= 15 is 0 Å². The van der Waals surface area contributed by atoms with Gasteiger partial charge in [-0.15, -0.1) is 0 Å². The third-order valence-electron chi connectivity index (χ3n) is 2.78. The summed E-state index contributed by atoms with van der Waals surface area (Å²) in [6.07, 6.45) is 0. The van der Waals surface area contributed by atoms with E-state index in [4.69, 9.17) is 9.84 Å². The van der Waals surface area contributed by atoms with Crippen LogP contribution in [0, 0.1) is 0 Å². The molecule has 112 valence electrons. The number of hydrogen-bond acceptors (Lipinski definition) is 4. The Bertz CT molecular complexity index is 568. The second-order valence-electron chi connectivity index (χ2n) is 4.54. The standard InChI is InChI=1S/C13H19NO5S/c1-10(2)14(7-8-19-3)20(17,18)12-6-4-5-11(9-12)13(15)16/h4-6,9-10H,7-8H2,1-3H3,(H,15,16). The molecular weight excluding hydrogens is 282 g/mol. The minimum atomic E-state index is -3.74. The zero-order valence-electron chi connectivity index (χ0n) is 11.7. The molecule has 0 aliphatic carbocycles. The van der Waals surface area contributed by atoms with Crippen LogP contribution in [0.15, 0.2) is 29.2 Å². The smallest absolute Gasteiger partial charge is 0.335 e. The largest absolute Gasteiger partial charge is 0.478 e. The van der Waals surface area contributed by atoms with Gasteiger partial charge in [-0.2, -0.15) is 4.31 Å². The number of sulfonamides is 1. The maximum Gasteiger partial charge on any atom is 0.335 e. The quantitative estimate of drug-likeness (QED) is 0.823. The van der Waals surface area contributed by atoms with Crippen molar-refractivity contribution in [1.82, 2.24) is 4.31 Å². The lowest BCUT2D eigenvalue weighted by molar-refractivity contribution is 0.0696. The lowest BCUT2D eigenvalue weighted by atomic mass is 10.2. The number of carboxylic acids is 1. The van der Waals surface area contributed by atoms with Crippen molar-refractivity contribution in [2.75, 3.05) is 20.3 Å². The van der Waals surface area contributed by atoms with Gasteiger partial charge in [0, 0.05) is 19.7 Å². The highest BCUT2D eigenvalue weighted by molar-refractivity contribution is 7.89. The third kappa shape index (κ3) is 3.78. The van der Waals surface area contributed by atoms with Gasteiger partial charge in [0.2, 0.25) is 10.0 Å². The van der Waals surface area contributed by atoms with Gasteiger partial charge in [-0.3, -0.25) is 0 Å². The molecule has 0 radical (unpaired) electrons. The van der Waals surface area contributed by atoms with Gasteiger partial charge < -0.3 is 9.84 Å². The minimum absolute atomic E-state index is 0.0257. The fraction of sp³-hybridized carbons (Fsp3) is 0.462. The van der Waals surface area contributed by atoms with Crippen molar-refractivity contribution in [3.8, 4) is 0 Å². The van der Waals surface area contributed by atoms with Crippen molar-refractivity contribution in [2.45, 2.75) is 24.8 Å². The van der Waals surface area contributed by atoms with Crippen LogP contribution in [0.1, 0.15) is 24.2 Å². The first-order valence-corrected chi connectivity index (χ1v) is 7.59. The maximum atomic E-state index is 12.5. The summed E-state index contributed by atoms with van der Waals surface area (Å²) in [7, 11) is -2.24. The highest BCUT2D eigenvalue weighted by atomic mass is 32.2. The van der Waals surface area contributed by atoms with E-state index in [0.717, 1.165) is 0 Å². The van der Waals surface area contributed by atoms with Gasteiger partial charge in [0.1, 0.15) is 0 Å². The number of carbonyl (C=O) groups is 1. The van der Waals surface area contributed by atoms with Crippen molar-refractivity contribution >= 4 is 16.0 Å². The Hall–Kier alpha value is -1.44. The fourth-order valence-electron chi connectivity index (χ4n) is 1.76. The summed E-state index contributed by atoms with van der Waals surface area (Å²) in [5.74, 6) is -1.16. The first kappa shape index (κ1) is 16.6. The van der Waals surface area contributed by atoms with Crippen molar-refractivity contribution < 1.29 is 23.1 Å². The molecule has 0 aliphatic rings. The molecule has 0 aliphatic heterocycles. The molecule has 0 aromatic heterocycles. The van der Waals surface area contributed by atoms with E-state index in [1.807, 2.05) is 0 Å². The summed E-state index contributed by atoms with van der Waals surface area (Å²) in [6, 6.07) is 5.09. The van der Waals surface area contributed by atoms with Crippen LogP contribution in [0.2, 0.25) is 0 Å². The monoisotopic (exact) mass is 301 g/mol. The van der Waals surface area contributed by atoms with Crippen LogP contribution in [0.25, 0.3) is 0 Å². The zero-order valence-corrected chi connectivity index (χ0v) is 12.6. The van der Waals surface area contributed by atoms with Gasteiger partial charge in [-0.05, 0) is 32.0 Å². The summed E-state index contributed by atoms with van der Waals surface area (Å²) in [5.41, 5.74) is -0.0541. The zero-order chi connectivity index (χ0) is 15.3. The van der Waals surface area contributed by atoms with E-state index in [-0.39, 0.29) is 29.7 Å². The number of hydrogen-bond donors (Lipinski definition) is 1. The molecule has 7 heteroatoms. The number of rotatable bonds is 7. The Kier molecular flexibility index (Phi) is 5.67. The minimum Gasteiger partial charge on any atom is -0.478 e. The van der Waals surface area contributed by atoms with Crippen LogP contribution in [0.4, 0.5) is 0 Å². The molecule has 1 rings (SSSR count). The molecule has 1 aromatic carbocycles. The van der Waals surface area contributed by atoms with Crippen molar-refractivity contribution in [3.63, 3.8) is 0 Å². The first-order valence-electron chi connectivity index (χ1n) is 6.15. The first-order chi connectivity index (χ1) is 9.30. The van der Waals surface area contributed by atoms with E-state index in [2.05, 4.69) is 0 Å². The van der Waals surface area contributed by atoms with Crippen molar-refractivity contribution in [1.29, 1.82) is 0 Å². The van der Waals surface area contributed by atoms with Gasteiger partial charge in [0.05, 0.1) is 17.1 Å². The Morgan fingerprint density at radius 1 is 1.40 bits per heavy atom. The van der Waals surface area contributed by atoms with Crippen LogP contribution >= 0.6 is 0 Å². The maximum absolute atomic E-state index is 12.5. The molecule has 0 saturated heterocycles. The number of methoxy groups -OCH3 is 1. The predicted molar refractivity (Wildman–Crippen MR) is 74.3 cm³/mol. The molecule has 0 heterocycles. The van der Waals surface area contributed by atoms with Crippen LogP contribution in [0.3, 0.4) is 0 Å². The van der Waals surface area contributed by atoms with Gasteiger partial charge in [0.15, 0.2) is 0 Å².